The fourth-order valence-electron chi connectivity index (χ4n) is 3.14. The minimum atomic E-state index is -0.133. The van der Waals surface area contributed by atoms with E-state index >= 15 is 0 Å². The van der Waals surface area contributed by atoms with E-state index in [9.17, 15) is 4.79 Å². The van der Waals surface area contributed by atoms with Crippen LogP contribution < -0.4 is 10.1 Å². The van der Waals surface area contributed by atoms with E-state index in [2.05, 4.69) is 35.4 Å². The van der Waals surface area contributed by atoms with Crippen LogP contribution in [0.5, 0.6) is 5.88 Å². The van der Waals surface area contributed by atoms with Gasteiger partial charge in [-0.25, -0.2) is 4.98 Å². The number of carbonyl (C=O) groups is 1. The van der Waals surface area contributed by atoms with Gasteiger partial charge >= 0.3 is 0 Å². The first-order valence-corrected chi connectivity index (χ1v) is 8.99. The number of aromatic nitrogens is 1. The molecule has 1 atom stereocenters. The summed E-state index contributed by atoms with van der Waals surface area (Å²) in [6.07, 6.45) is 5.12. The highest BCUT2D eigenvalue weighted by Crippen LogP contribution is 2.40. The third-order valence-corrected chi connectivity index (χ3v) is 4.85. The van der Waals surface area contributed by atoms with Crippen molar-refractivity contribution in [1.29, 1.82) is 0 Å². The molecule has 1 aromatic heterocycles. The lowest BCUT2D eigenvalue weighted by atomic mass is 9.95. The number of carbonyl (C=O) groups excluding carboxylic acids is 1. The lowest BCUT2D eigenvalue weighted by molar-refractivity contribution is -0.122. The van der Waals surface area contributed by atoms with Crippen LogP contribution in [0.2, 0.25) is 0 Å². The topological polar surface area (TPSA) is 51.2 Å². The second-order valence-corrected chi connectivity index (χ2v) is 6.80. The average Bonchev–Trinajstić information content (AvgIpc) is 3.47. The van der Waals surface area contributed by atoms with E-state index < -0.39 is 0 Å². The van der Waals surface area contributed by atoms with Crippen LogP contribution in [0, 0.1) is 6.92 Å². The standard InChI is InChI=1S/C21H26N2O2/c1-4-19(16-7-5-14(2)6-8-16)20(24)22-13-18-11-17(15-9-10-15)12-23-21(18)25-3/h5-8,11-12,15,19H,4,9-10,13H2,1-3H3,(H,22,24)/t19-/m0/s1. The van der Waals surface area contributed by atoms with Crippen LogP contribution in [0.1, 0.15) is 60.3 Å². The molecule has 1 saturated carbocycles. The van der Waals surface area contributed by atoms with Crippen molar-refractivity contribution < 1.29 is 9.53 Å². The van der Waals surface area contributed by atoms with Gasteiger partial charge in [0.2, 0.25) is 11.8 Å². The molecule has 3 rings (SSSR count). The highest BCUT2D eigenvalue weighted by atomic mass is 16.5. The third-order valence-electron chi connectivity index (χ3n) is 4.85. The molecule has 1 amide bonds. The molecule has 1 N–H and O–H groups in total. The van der Waals surface area contributed by atoms with Gasteiger partial charge in [0.1, 0.15) is 0 Å². The molecule has 4 heteroatoms. The maximum atomic E-state index is 12.7. The Labute approximate surface area is 149 Å². The van der Waals surface area contributed by atoms with Gasteiger partial charge in [-0.3, -0.25) is 4.79 Å². The number of ether oxygens (including phenoxy) is 1. The summed E-state index contributed by atoms with van der Waals surface area (Å²) in [5, 5.41) is 3.07. The van der Waals surface area contributed by atoms with E-state index in [0.717, 1.165) is 17.5 Å². The van der Waals surface area contributed by atoms with Crippen molar-refractivity contribution in [3.05, 3.63) is 58.8 Å². The van der Waals surface area contributed by atoms with Gasteiger partial charge in [-0.05, 0) is 49.3 Å². The highest BCUT2D eigenvalue weighted by Gasteiger charge is 2.25. The summed E-state index contributed by atoms with van der Waals surface area (Å²) in [4.78, 5) is 17.1. The number of benzene rings is 1. The second-order valence-electron chi connectivity index (χ2n) is 6.80. The summed E-state index contributed by atoms with van der Waals surface area (Å²) >= 11 is 0. The number of nitrogens with one attached hydrogen (secondary N) is 1. The lowest BCUT2D eigenvalue weighted by Gasteiger charge is -2.17. The molecule has 25 heavy (non-hydrogen) atoms. The molecule has 1 heterocycles. The minimum Gasteiger partial charge on any atom is -0.481 e. The van der Waals surface area contributed by atoms with Crippen molar-refractivity contribution in [3.8, 4) is 5.88 Å². The zero-order valence-electron chi connectivity index (χ0n) is 15.2. The molecule has 2 aromatic rings. The predicted octanol–water partition coefficient (Wildman–Crippen LogP) is 4.09. The monoisotopic (exact) mass is 338 g/mol. The first-order valence-electron chi connectivity index (χ1n) is 8.99. The molecule has 1 aromatic carbocycles. The lowest BCUT2D eigenvalue weighted by Crippen LogP contribution is -2.29. The van der Waals surface area contributed by atoms with Crippen LogP contribution in [-0.2, 0) is 11.3 Å². The summed E-state index contributed by atoms with van der Waals surface area (Å²) in [6.45, 7) is 4.54. The molecule has 0 radical (unpaired) electrons. The molecule has 4 nitrogen and oxygen atoms in total. The van der Waals surface area contributed by atoms with Crippen molar-refractivity contribution in [2.45, 2.75) is 51.5 Å². The van der Waals surface area contributed by atoms with Crippen molar-refractivity contribution >= 4 is 5.91 Å². The first-order chi connectivity index (χ1) is 12.1. The van der Waals surface area contributed by atoms with Gasteiger partial charge in [0.05, 0.1) is 13.0 Å². The van der Waals surface area contributed by atoms with Crippen LogP contribution in [0.4, 0.5) is 0 Å². The molecule has 0 saturated heterocycles. The Balaban J connectivity index is 1.70. The van der Waals surface area contributed by atoms with Gasteiger partial charge < -0.3 is 10.1 Å². The Morgan fingerprint density at radius 1 is 1.32 bits per heavy atom. The molecule has 1 aliphatic carbocycles. The molecular formula is C21H26N2O2. The molecule has 132 valence electrons. The fraction of sp³-hybridized carbons (Fsp3) is 0.429. The molecular weight excluding hydrogens is 312 g/mol. The van der Waals surface area contributed by atoms with Gasteiger partial charge in [0, 0.05) is 18.3 Å². The Bertz CT molecular complexity index is 736. The molecule has 1 fully saturated rings. The van der Waals surface area contributed by atoms with Gasteiger partial charge in [-0.15, -0.1) is 0 Å². The van der Waals surface area contributed by atoms with Crippen molar-refractivity contribution in [3.63, 3.8) is 0 Å². The third kappa shape index (κ3) is 4.19. The molecule has 0 aliphatic heterocycles. The first kappa shape index (κ1) is 17.5. The van der Waals surface area contributed by atoms with Crippen LogP contribution in [0.15, 0.2) is 36.5 Å². The number of amides is 1. The van der Waals surface area contributed by atoms with E-state index in [4.69, 9.17) is 4.74 Å². The summed E-state index contributed by atoms with van der Waals surface area (Å²) in [5.41, 5.74) is 4.45. The van der Waals surface area contributed by atoms with Gasteiger partial charge in [-0.2, -0.15) is 0 Å². The number of hydrogen-bond donors (Lipinski definition) is 1. The van der Waals surface area contributed by atoms with Crippen LogP contribution >= 0.6 is 0 Å². The van der Waals surface area contributed by atoms with E-state index in [1.165, 1.54) is 24.0 Å². The van der Waals surface area contributed by atoms with Crippen molar-refractivity contribution in [2.24, 2.45) is 0 Å². The number of rotatable bonds is 7. The smallest absolute Gasteiger partial charge is 0.227 e. The quantitative estimate of drug-likeness (QED) is 0.827. The van der Waals surface area contributed by atoms with Gasteiger partial charge in [-0.1, -0.05) is 36.8 Å². The maximum Gasteiger partial charge on any atom is 0.227 e. The second kappa shape index (κ2) is 7.68. The number of methoxy groups -OCH3 is 1. The Hall–Kier alpha value is -2.36. The Kier molecular flexibility index (Phi) is 5.37. The Morgan fingerprint density at radius 2 is 2.04 bits per heavy atom. The number of hydrogen-bond acceptors (Lipinski definition) is 3. The van der Waals surface area contributed by atoms with Crippen molar-refractivity contribution in [2.75, 3.05) is 7.11 Å². The number of nitrogens with zero attached hydrogens (tertiary/aromatic N) is 1. The fourth-order valence-corrected chi connectivity index (χ4v) is 3.14. The van der Waals surface area contributed by atoms with Crippen molar-refractivity contribution in [1.82, 2.24) is 10.3 Å². The average molecular weight is 338 g/mol. The number of aryl methyl sites for hydroxylation is 1. The maximum absolute atomic E-state index is 12.7. The SMILES string of the molecule is CC[C@H](C(=O)NCc1cc(C2CC2)cnc1OC)c1ccc(C)cc1. The summed E-state index contributed by atoms with van der Waals surface area (Å²) in [5.74, 6) is 1.13. The molecule has 1 aliphatic rings. The predicted molar refractivity (Wildman–Crippen MR) is 98.8 cm³/mol. The summed E-state index contributed by atoms with van der Waals surface area (Å²) in [7, 11) is 1.62. The zero-order valence-corrected chi connectivity index (χ0v) is 15.2. The summed E-state index contributed by atoms with van der Waals surface area (Å²) < 4.78 is 5.35. The highest BCUT2D eigenvalue weighted by molar-refractivity contribution is 5.83. The van der Waals surface area contributed by atoms with Gasteiger partial charge in [0.25, 0.3) is 0 Å². The largest absolute Gasteiger partial charge is 0.481 e. The minimum absolute atomic E-state index is 0.0465. The molecule has 0 bridgehead atoms. The van der Waals surface area contributed by atoms with E-state index in [0.29, 0.717) is 18.3 Å². The van der Waals surface area contributed by atoms with E-state index in [1.54, 1.807) is 7.11 Å². The summed E-state index contributed by atoms with van der Waals surface area (Å²) in [6, 6.07) is 10.3. The van der Waals surface area contributed by atoms with Crippen LogP contribution in [-0.4, -0.2) is 18.0 Å². The normalized spacial score (nSPS) is 14.8. The van der Waals surface area contributed by atoms with Gasteiger partial charge in [0.15, 0.2) is 0 Å². The van der Waals surface area contributed by atoms with E-state index in [1.807, 2.05) is 25.3 Å². The molecule has 0 spiro atoms. The number of pyridine rings is 1. The Morgan fingerprint density at radius 3 is 2.64 bits per heavy atom. The van der Waals surface area contributed by atoms with E-state index in [-0.39, 0.29) is 11.8 Å². The molecule has 0 unspecified atom stereocenters. The zero-order chi connectivity index (χ0) is 17.8. The van der Waals surface area contributed by atoms with Crippen LogP contribution in [0.3, 0.4) is 0 Å². The van der Waals surface area contributed by atoms with Crippen LogP contribution in [0.25, 0.3) is 0 Å².